The highest BCUT2D eigenvalue weighted by atomic mass is 16.2. The molecule has 3 heterocycles. The average Bonchev–Trinajstić information content (AvgIpc) is 3.29. The summed E-state index contributed by atoms with van der Waals surface area (Å²) < 4.78 is 0. The molecule has 1 fully saturated rings. The largest absolute Gasteiger partial charge is 0.352 e. The number of likely N-dealkylation sites (tertiary alicyclic amines) is 1. The number of amides is 2. The summed E-state index contributed by atoms with van der Waals surface area (Å²) in [7, 11) is 0. The van der Waals surface area contributed by atoms with Crippen molar-refractivity contribution in [3.8, 4) is 11.3 Å². The zero-order valence-corrected chi connectivity index (χ0v) is 16.0. The van der Waals surface area contributed by atoms with E-state index in [2.05, 4.69) is 20.5 Å². The van der Waals surface area contributed by atoms with E-state index in [4.69, 9.17) is 0 Å². The molecule has 1 aliphatic rings. The molecule has 7 heteroatoms. The fourth-order valence-corrected chi connectivity index (χ4v) is 3.54. The van der Waals surface area contributed by atoms with E-state index in [1.54, 1.807) is 23.4 Å². The summed E-state index contributed by atoms with van der Waals surface area (Å²) in [5.74, 6) is -0.0902. The number of rotatable bonds is 5. The standard InChI is InChI=1S/C22H23N5O2/c28-21(24-14-16-5-2-1-3-6-16)17-8-11-27(12-9-17)22(29)20-13-19(25-26-20)18-7-4-10-23-15-18/h1-7,10,13,15,17H,8-9,11-12,14H2,(H,24,28)(H,25,26). The van der Waals surface area contributed by atoms with Crippen molar-refractivity contribution in [2.75, 3.05) is 13.1 Å². The first-order valence-electron chi connectivity index (χ1n) is 9.77. The van der Waals surface area contributed by atoms with Gasteiger partial charge in [-0.15, -0.1) is 0 Å². The Bertz CT molecular complexity index is 963. The molecule has 0 unspecified atom stereocenters. The van der Waals surface area contributed by atoms with E-state index in [-0.39, 0.29) is 17.7 Å². The minimum absolute atomic E-state index is 0.0568. The summed E-state index contributed by atoms with van der Waals surface area (Å²) in [5, 5.41) is 10.0. The summed E-state index contributed by atoms with van der Waals surface area (Å²) in [5.41, 5.74) is 3.08. The molecule has 1 saturated heterocycles. The molecule has 2 aromatic heterocycles. The third-order valence-corrected chi connectivity index (χ3v) is 5.23. The van der Waals surface area contributed by atoms with Crippen LogP contribution in [0.2, 0.25) is 0 Å². The van der Waals surface area contributed by atoms with Gasteiger partial charge >= 0.3 is 0 Å². The second-order valence-corrected chi connectivity index (χ2v) is 7.18. The number of aromatic nitrogens is 3. The lowest BCUT2D eigenvalue weighted by atomic mass is 9.95. The Labute approximate surface area is 169 Å². The molecule has 1 aliphatic heterocycles. The van der Waals surface area contributed by atoms with Gasteiger partial charge in [0.2, 0.25) is 5.91 Å². The quantitative estimate of drug-likeness (QED) is 0.702. The Morgan fingerprint density at radius 2 is 1.90 bits per heavy atom. The maximum atomic E-state index is 12.8. The predicted molar refractivity (Wildman–Crippen MR) is 109 cm³/mol. The highest BCUT2D eigenvalue weighted by Gasteiger charge is 2.28. The van der Waals surface area contributed by atoms with Crippen LogP contribution in [0.15, 0.2) is 60.9 Å². The van der Waals surface area contributed by atoms with Crippen LogP contribution in [0, 0.1) is 5.92 Å². The maximum Gasteiger partial charge on any atom is 0.271 e. The molecule has 4 rings (SSSR count). The van der Waals surface area contributed by atoms with E-state index in [0.29, 0.717) is 43.9 Å². The monoisotopic (exact) mass is 389 g/mol. The number of aromatic amines is 1. The highest BCUT2D eigenvalue weighted by molar-refractivity contribution is 5.93. The highest BCUT2D eigenvalue weighted by Crippen LogP contribution is 2.21. The third kappa shape index (κ3) is 4.51. The molecular weight excluding hydrogens is 366 g/mol. The van der Waals surface area contributed by atoms with Gasteiger partial charge in [0.25, 0.3) is 5.91 Å². The molecule has 0 radical (unpaired) electrons. The van der Waals surface area contributed by atoms with Crippen LogP contribution in [-0.2, 0) is 11.3 Å². The van der Waals surface area contributed by atoms with Gasteiger partial charge in [-0.1, -0.05) is 30.3 Å². The molecule has 148 valence electrons. The number of pyridine rings is 1. The zero-order valence-electron chi connectivity index (χ0n) is 16.0. The van der Waals surface area contributed by atoms with E-state index in [9.17, 15) is 9.59 Å². The van der Waals surface area contributed by atoms with E-state index >= 15 is 0 Å². The lowest BCUT2D eigenvalue weighted by Crippen LogP contribution is -2.43. The number of piperidine rings is 1. The summed E-state index contributed by atoms with van der Waals surface area (Å²) in [6, 6.07) is 15.3. The van der Waals surface area contributed by atoms with E-state index < -0.39 is 0 Å². The number of hydrogen-bond acceptors (Lipinski definition) is 4. The SMILES string of the molecule is O=C(NCc1ccccc1)C1CCN(C(=O)c2cc(-c3cccnc3)n[nH]2)CC1. The van der Waals surface area contributed by atoms with Gasteiger partial charge in [-0.05, 0) is 36.6 Å². The van der Waals surface area contributed by atoms with Crippen LogP contribution >= 0.6 is 0 Å². The van der Waals surface area contributed by atoms with Crippen LogP contribution in [0.4, 0.5) is 0 Å². The molecule has 0 spiro atoms. The molecule has 2 N–H and O–H groups in total. The Morgan fingerprint density at radius 3 is 2.62 bits per heavy atom. The zero-order chi connectivity index (χ0) is 20.1. The Hall–Kier alpha value is -3.48. The van der Waals surface area contributed by atoms with Gasteiger partial charge in [0.15, 0.2) is 0 Å². The van der Waals surface area contributed by atoms with Gasteiger partial charge in [0.05, 0.1) is 5.69 Å². The maximum absolute atomic E-state index is 12.8. The first-order valence-corrected chi connectivity index (χ1v) is 9.77. The van der Waals surface area contributed by atoms with E-state index in [1.807, 2.05) is 42.5 Å². The summed E-state index contributed by atoms with van der Waals surface area (Å²) in [6.45, 7) is 1.65. The van der Waals surface area contributed by atoms with Crippen molar-refractivity contribution in [1.82, 2.24) is 25.4 Å². The van der Waals surface area contributed by atoms with E-state index in [1.165, 1.54) is 0 Å². The predicted octanol–water partition coefficient (Wildman–Crippen LogP) is 2.64. The molecular formula is C22H23N5O2. The van der Waals surface area contributed by atoms with Crippen molar-refractivity contribution in [2.45, 2.75) is 19.4 Å². The number of nitrogens with one attached hydrogen (secondary N) is 2. The number of nitrogens with zero attached hydrogens (tertiary/aromatic N) is 3. The fourth-order valence-electron chi connectivity index (χ4n) is 3.54. The van der Waals surface area contributed by atoms with Crippen molar-refractivity contribution in [3.05, 3.63) is 72.2 Å². The van der Waals surface area contributed by atoms with Crippen molar-refractivity contribution in [1.29, 1.82) is 0 Å². The van der Waals surface area contributed by atoms with Crippen LogP contribution in [0.25, 0.3) is 11.3 Å². The van der Waals surface area contributed by atoms with Gasteiger partial charge in [-0.2, -0.15) is 5.10 Å². The van der Waals surface area contributed by atoms with Crippen LogP contribution in [0.3, 0.4) is 0 Å². The molecule has 7 nitrogen and oxygen atoms in total. The smallest absolute Gasteiger partial charge is 0.271 e. The van der Waals surface area contributed by atoms with Gasteiger partial charge in [0, 0.05) is 43.5 Å². The van der Waals surface area contributed by atoms with Crippen molar-refractivity contribution < 1.29 is 9.59 Å². The summed E-state index contributed by atoms with van der Waals surface area (Å²) in [6.07, 6.45) is 4.73. The van der Waals surface area contributed by atoms with Crippen molar-refractivity contribution >= 4 is 11.8 Å². The van der Waals surface area contributed by atoms with Crippen LogP contribution in [0.5, 0.6) is 0 Å². The van der Waals surface area contributed by atoms with Gasteiger partial charge < -0.3 is 10.2 Å². The molecule has 2 amide bonds. The van der Waals surface area contributed by atoms with Gasteiger partial charge in [-0.3, -0.25) is 19.7 Å². The minimum atomic E-state index is -0.0872. The number of hydrogen-bond donors (Lipinski definition) is 2. The Morgan fingerprint density at radius 1 is 1.10 bits per heavy atom. The minimum Gasteiger partial charge on any atom is -0.352 e. The molecule has 1 aromatic carbocycles. The molecule has 0 bridgehead atoms. The van der Waals surface area contributed by atoms with Gasteiger partial charge in [0.1, 0.15) is 5.69 Å². The fraction of sp³-hybridized carbons (Fsp3) is 0.273. The normalized spacial score (nSPS) is 14.6. The topological polar surface area (TPSA) is 91.0 Å². The first kappa shape index (κ1) is 18.9. The second kappa shape index (κ2) is 8.68. The van der Waals surface area contributed by atoms with Crippen molar-refractivity contribution in [3.63, 3.8) is 0 Å². The van der Waals surface area contributed by atoms with Crippen LogP contribution in [0.1, 0.15) is 28.9 Å². The van der Waals surface area contributed by atoms with E-state index in [0.717, 1.165) is 11.1 Å². The molecule has 0 aliphatic carbocycles. The van der Waals surface area contributed by atoms with Crippen molar-refractivity contribution in [2.24, 2.45) is 5.92 Å². The Balaban J connectivity index is 1.29. The first-order chi connectivity index (χ1) is 14.2. The Kier molecular flexibility index (Phi) is 5.65. The number of carbonyl (C=O) groups excluding carboxylic acids is 2. The lowest BCUT2D eigenvalue weighted by Gasteiger charge is -2.31. The van der Waals surface area contributed by atoms with Crippen LogP contribution in [-0.4, -0.2) is 45.0 Å². The average molecular weight is 389 g/mol. The van der Waals surface area contributed by atoms with Crippen LogP contribution < -0.4 is 5.32 Å². The number of H-pyrrole nitrogens is 1. The van der Waals surface area contributed by atoms with Gasteiger partial charge in [-0.25, -0.2) is 0 Å². The summed E-state index contributed by atoms with van der Waals surface area (Å²) in [4.78, 5) is 31.1. The second-order valence-electron chi connectivity index (χ2n) is 7.18. The molecule has 0 atom stereocenters. The lowest BCUT2D eigenvalue weighted by molar-refractivity contribution is -0.126. The summed E-state index contributed by atoms with van der Waals surface area (Å²) >= 11 is 0. The molecule has 29 heavy (non-hydrogen) atoms. The molecule has 0 saturated carbocycles. The number of carbonyl (C=O) groups is 2. The number of benzene rings is 1. The molecule has 3 aromatic rings. The third-order valence-electron chi connectivity index (χ3n) is 5.23.